The van der Waals surface area contributed by atoms with Gasteiger partial charge in [0.15, 0.2) is 28.4 Å². The van der Waals surface area contributed by atoms with Gasteiger partial charge in [0.1, 0.15) is 12.4 Å². The molecule has 1 atom stereocenters. The summed E-state index contributed by atoms with van der Waals surface area (Å²) in [6.45, 7) is 11.3. The van der Waals surface area contributed by atoms with Crippen LogP contribution in [0.15, 0.2) is 29.3 Å². The number of nitrogen functional groups attached to an aromatic ring is 2. The first-order valence-electron chi connectivity index (χ1n) is 14.9. The Labute approximate surface area is 250 Å². The molecule has 0 aliphatic carbocycles. The highest BCUT2D eigenvalue weighted by Crippen LogP contribution is 2.17. The van der Waals surface area contributed by atoms with Gasteiger partial charge in [0.25, 0.3) is 5.91 Å². The highest BCUT2D eigenvalue weighted by atomic mass is 35.5. The number of aryl methyl sites for hydroxylation is 1. The molecule has 2 aromatic rings. The molecule has 0 aliphatic heterocycles. The molecule has 0 spiro atoms. The molecule has 41 heavy (non-hydrogen) atoms. The summed E-state index contributed by atoms with van der Waals surface area (Å²) < 4.78 is 6.07. The predicted octanol–water partition coefficient (Wildman–Crippen LogP) is 5.06. The fourth-order valence-electron chi connectivity index (χ4n) is 4.21. The lowest BCUT2D eigenvalue weighted by Crippen LogP contribution is -2.38. The van der Waals surface area contributed by atoms with E-state index in [-0.39, 0.29) is 28.4 Å². The van der Waals surface area contributed by atoms with Crippen LogP contribution in [0.1, 0.15) is 88.2 Å². The Kier molecular flexibility index (Phi) is 15.9. The van der Waals surface area contributed by atoms with E-state index in [1.807, 2.05) is 12.1 Å². The van der Waals surface area contributed by atoms with Crippen molar-refractivity contribution in [3.8, 4) is 5.75 Å². The summed E-state index contributed by atoms with van der Waals surface area (Å²) in [5.74, 6) is 0.818. The normalized spacial score (nSPS) is 12.5. The number of hydrogen-bond acceptors (Lipinski definition) is 8. The van der Waals surface area contributed by atoms with Crippen molar-refractivity contribution in [3.05, 3.63) is 40.7 Å². The summed E-state index contributed by atoms with van der Waals surface area (Å²) in [7, 11) is 0. The molecule has 1 heterocycles. The smallest absolute Gasteiger partial charge is 0.280 e. The molecule has 0 bridgehead atoms. The Morgan fingerprint density at radius 1 is 1.02 bits per heavy atom. The predicted molar refractivity (Wildman–Crippen MR) is 169 cm³/mol. The van der Waals surface area contributed by atoms with E-state index in [0.29, 0.717) is 13.2 Å². The standard InChI is InChI=1S/C30H49ClN8O2/c1-4-6-7-10-18-39(19-16-22(3)5-2)20-21-41-24-14-12-23(13-15-24)11-8-9-17-35-30(34)38-29(40)25-27(32)37-28(33)26(31)36-25/h12-15,22H,4-11,16-21H2,1-3H3,(H4,32,33,37)(H3,34,35,38,40). The van der Waals surface area contributed by atoms with Gasteiger partial charge in [-0.25, -0.2) is 9.97 Å². The quantitative estimate of drug-likeness (QED) is 0.101. The number of benzene rings is 1. The molecule has 0 saturated carbocycles. The van der Waals surface area contributed by atoms with Gasteiger partial charge < -0.3 is 21.9 Å². The zero-order chi connectivity index (χ0) is 30.0. The van der Waals surface area contributed by atoms with Crippen LogP contribution < -0.4 is 27.3 Å². The third kappa shape index (κ3) is 13.4. The number of carbonyl (C=O) groups excluding carboxylic acids is 1. The molecule has 10 nitrogen and oxygen atoms in total. The molecule has 7 N–H and O–H groups in total. The molecule has 0 fully saturated rings. The minimum atomic E-state index is -0.647. The number of anilines is 2. The van der Waals surface area contributed by atoms with Gasteiger partial charge >= 0.3 is 0 Å². The van der Waals surface area contributed by atoms with Crippen LogP contribution in [0.25, 0.3) is 0 Å². The number of hydrogen-bond donors (Lipinski definition) is 4. The number of aliphatic imine (C=N–C) groups is 1. The first-order valence-corrected chi connectivity index (χ1v) is 15.2. The fourth-order valence-corrected chi connectivity index (χ4v) is 4.34. The van der Waals surface area contributed by atoms with Crippen LogP contribution in [0.4, 0.5) is 11.6 Å². The first-order chi connectivity index (χ1) is 19.7. The summed E-state index contributed by atoms with van der Waals surface area (Å²) in [5.41, 5.74) is 18.1. The van der Waals surface area contributed by atoms with E-state index in [0.717, 1.165) is 50.6 Å². The van der Waals surface area contributed by atoms with Gasteiger partial charge in [0, 0.05) is 13.1 Å². The molecular weight excluding hydrogens is 540 g/mol. The minimum absolute atomic E-state index is 0.0231. The molecule has 0 saturated heterocycles. The summed E-state index contributed by atoms with van der Waals surface area (Å²) in [6.07, 6.45) is 10.3. The highest BCUT2D eigenvalue weighted by molar-refractivity contribution is 6.31. The second-order valence-electron chi connectivity index (χ2n) is 10.5. The first kappa shape index (κ1) is 34.1. The van der Waals surface area contributed by atoms with E-state index in [4.69, 9.17) is 33.5 Å². The Balaban J connectivity index is 1.69. The highest BCUT2D eigenvalue weighted by Gasteiger charge is 2.16. The molecule has 228 valence electrons. The largest absolute Gasteiger partial charge is 0.492 e. The summed E-state index contributed by atoms with van der Waals surface area (Å²) in [4.78, 5) is 26.7. The molecular formula is C30H49ClN8O2. The van der Waals surface area contributed by atoms with Crippen molar-refractivity contribution in [1.82, 2.24) is 20.2 Å². The number of carbonyl (C=O) groups is 1. The second kappa shape index (κ2) is 19.1. The lowest BCUT2D eigenvalue weighted by molar-refractivity contribution is 0.0972. The zero-order valence-electron chi connectivity index (χ0n) is 25.0. The van der Waals surface area contributed by atoms with E-state index < -0.39 is 5.91 Å². The average molecular weight is 589 g/mol. The van der Waals surface area contributed by atoms with Gasteiger partial charge in [-0.3, -0.25) is 20.0 Å². The summed E-state index contributed by atoms with van der Waals surface area (Å²) >= 11 is 5.82. The molecule has 1 unspecified atom stereocenters. The molecule has 2 rings (SSSR count). The zero-order valence-corrected chi connectivity index (χ0v) is 25.8. The fraction of sp³-hybridized carbons (Fsp3) is 0.600. The monoisotopic (exact) mass is 588 g/mol. The van der Waals surface area contributed by atoms with Gasteiger partial charge in [-0.15, -0.1) is 0 Å². The number of aromatic nitrogens is 2. The molecule has 0 radical (unpaired) electrons. The van der Waals surface area contributed by atoms with Gasteiger partial charge in [-0.2, -0.15) is 0 Å². The second-order valence-corrected chi connectivity index (χ2v) is 10.9. The number of nitrogens with zero attached hydrogens (tertiary/aromatic N) is 4. The van der Waals surface area contributed by atoms with Crippen molar-refractivity contribution in [3.63, 3.8) is 0 Å². The van der Waals surface area contributed by atoms with E-state index in [1.54, 1.807) is 0 Å². The van der Waals surface area contributed by atoms with Crippen LogP contribution in [0.3, 0.4) is 0 Å². The third-order valence-corrected chi connectivity index (χ3v) is 7.36. The minimum Gasteiger partial charge on any atom is -0.492 e. The van der Waals surface area contributed by atoms with Crippen molar-refractivity contribution in [1.29, 1.82) is 0 Å². The van der Waals surface area contributed by atoms with Crippen LogP contribution in [0.2, 0.25) is 5.15 Å². The number of nitrogens with one attached hydrogen (secondary N) is 1. The Morgan fingerprint density at radius 2 is 1.78 bits per heavy atom. The number of rotatable bonds is 19. The Hall–Kier alpha value is -3.11. The van der Waals surface area contributed by atoms with Gasteiger partial charge in [-0.1, -0.05) is 70.2 Å². The number of guanidine groups is 1. The maximum Gasteiger partial charge on any atom is 0.280 e. The molecule has 1 aromatic heterocycles. The van der Waals surface area contributed by atoms with Crippen LogP contribution in [-0.4, -0.2) is 59.5 Å². The van der Waals surface area contributed by atoms with E-state index in [1.165, 1.54) is 44.1 Å². The molecule has 1 aromatic carbocycles. The van der Waals surface area contributed by atoms with Crippen LogP contribution in [0, 0.1) is 5.92 Å². The van der Waals surface area contributed by atoms with Crippen molar-refractivity contribution >= 4 is 35.1 Å². The SMILES string of the molecule is CCCCCCN(CCOc1ccc(CCCCN=C(N)NC(=O)c2nc(Cl)c(N)nc2N)cc1)CCC(C)CC. The van der Waals surface area contributed by atoms with Crippen LogP contribution in [0.5, 0.6) is 5.75 Å². The van der Waals surface area contributed by atoms with Crippen molar-refractivity contribution in [2.24, 2.45) is 16.6 Å². The number of nitrogens with two attached hydrogens (primary N) is 3. The van der Waals surface area contributed by atoms with Crippen molar-refractivity contribution in [2.45, 2.75) is 78.6 Å². The lowest BCUT2D eigenvalue weighted by atomic mass is 10.0. The maximum absolute atomic E-state index is 12.3. The van der Waals surface area contributed by atoms with Crippen LogP contribution in [-0.2, 0) is 6.42 Å². The molecule has 1 amide bonds. The van der Waals surface area contributed by atoms with Gasteiger partial charge in [0.2, 0.25) is 0 Å². The van der Waals surface area contributed by atoms with E-state index in [2.05, 4.69) is 58.1 Å². The van der Waals surface area contributed by atoms with Crippen molar-refractivity contribution in [2.75, 3.05) is 44.3 Å². The Morgan fingerprint density at radius 3 is 2.49 bits per heavy atom. The van der Waals surface area contributed by atoms with E-state index >= 15 is 0 Å². The number of ether oxygens (including phenoxy) is 1. The summed E-state index contributed by atoms with van der Waals surface area (Å²) in [5, 5.41) is 2.34. The maximum atomic E-state index is 12.3. The van der Waals surface area contributed by atoms with Crippen molar-refractivity contribution < 1.29 is 9.53 Å². The van der Waals surface area contributed by atoms with Crippen LogP contribution >= 0.6 is 11.6 Å². The molecule has 0 aliphatic rings. The summed E-state index contributed by atoms with van der Waals surface area (Å²) in [6, 6.07) is 8.32. The number of amides is 1. The third-order valence-electron chi connectivity index (χ3n) is 7.08. The van der Waals surface area contributed by atoms with E-state index in [9.17, 15) is 4.79 Å². The van der Waals surface area contributed by atoms with Gasteiger partial charge in [0.05, 0.1) is 0 Å². The molecule has 11 heteroatoms. The lowest BCUT2D eigenvalue weighted by Gasteiger charge is -2.24. The Bertz CT molecular complexity index is 1080. The average Bonchev–Trinajstić information content (AvgIpc) is 2.95. The van der Waals surface area contributed by atoms with Gasteiger partial charge in [-0.05, 0) is 68.8 Å². The number of halogens is 1. The topological polar surface area (TPSA) is 158 Å². The number of unbranched alkanes of at least 4 members (excludes halogenated alkanes) is 4.